The third kappa shape index (κ3) is 5.27. The highest BCUT2D eigenvalue weighted by Gasteiger charge is 2.19. The molecule has 0 saturated carbocycles. The number of carboxylic acids is 1. The zero-order valence-corrected chi connectivity index (χ0v) is 11.9. The van der Waals surface area contributed by atoms with Gasteiger partial charge in [0.25, 0.3) is 0 Å². The minimum Gasteiger partial charge on any atom is -0.478 e. The molecule has 0 aromatic heterocycles. The molecule has 0 aliphatic carbocycles. The van der Waals surface area contributed by atoms with Gasteiger partial charge in [-0.2, -0.15) is 0 Å². The smallest absolute Gasteiger partial charge is 0.335 e. The minimum absolute atomic E-state index is 0.182. The second-order valence-corrected chi connectivity index (χ2v) is 5.33. The van der Waals surface area contributed by atoms with E-state index in [4.69, 9.17) is 5.11 Å². The lowest BCUT2D eigenvalue weighted by Crippen LogP contribution is -2.44. The van der Waals surface area contributed by atoms with Gasteiger partial charge in [-0.15, -0.1) is 0 Å². The molecule has 0 aliphatic rings. The Hall–Kier alpha value is -2.08. The number of benzene rings is 1. The molecule has 0 fully saturated rings. The zero-order chi connectivity index (χ0) is 15.3. The second kappa shape index (κ2) is 6.38. The van der Waals surface area contributed by atoms with Crippen molar-refractivity contribution >= 4 is 12.0 Å². The quantitative estimate of drug-likeness (QED) is 0.758. The van der Waals surface area contributed by atoms with Crippen LogP contribution in [0.3, 0.4) is 0 Å². The fourth-order valence-electron chi connectivity index (χ4n) is 1.78. The van der Waals surface area contributed by atoms with Gasteiger partial charge in [0.1, 0.15) is 0 Å². The number of nitrogens with one attached hydrogen (secondary N) is 1. The molecule has 1 rings (SSSR count). The minimum atomic E-state index is -1.00. The maximum Gasteiger partial charge on any atom is 0.335 e. The van der Waals surface area contributed by atoms with E-state index >= 15 is 0 Å². The van der Waals surface area contributed by atoms with Gasteiger partial charge in [0.15, 0.2) is 0 Å². The standard InChI is InChI=1S/C14H20N2O4/c1-14(2,20)9-16(3)13(19)15-8-10-5-4-6-11(7-10)12(17)18/h4-7,20H,8-9H2,1-3H3,(H,15,19)(H,17,18). The molecular weight excluding hydrogens is 260 g/mol. The van der Waals surface area contributed by atoms with Crippen molar-refractivity contribution in [2.45, 2.75) is 26.0 Å². The number of carbonyl (C=O) groups is 2. The predicted octanol–water partition coefficient (Wildman–Crippen LogP) is 1.30. The van der Waals surface area contributed by atoms with E-state index in [2.05, 4.69) is 5.32 Å². The van der Waals surface area contributed by atoms with Crippen molar-refractivity contribution in [3.63, 3.8) is 0 Å². The monoisotopic (exact) mass is 280 g/mol. The maximum absolute atomic E-state index is 11.8. The molecule has 0 unspecified atom stereocenters. The summed E-state index contributed by atoms with van der Waals surface area (Å²) in [4.78, 5) is 24.0. The molecule has 20 heavy (non-hydrogen) atoms. The highest BCUT2D eigenvalue weighted by atomic mass is 16.4. The zero-order valence-electron chi connectivity index (χ0n) is 11.9. The molecule has 0 saturated heterocycles. The summed E-state index contributed by atoms with van der Waals surface area (Å²) in [6, 6.07) is 6.05. The first-order chi connectivity index (χ1) is 9.19. The van der Waals surface area contributed by atoms with Crippen LogP contribution in [-0.2, 0) is 6.54 Å². The molecule has 3 N–H and O–H groups in total. The highest BCUT2D eigenvalue weighted by Crippen LogP contribution is 2.06. The van der Waals surface area contributed by atoms with Crippen molar-refractivity contribution in [2.24, 2.45) is 0 Å². The number of amides is 2. The third-order valence-corrected chi connectivity index (χ3v) is 2.59. The Balaban J connectivity index is 2.57. The molecule has 0 atom stereocenters. The number of hydrogen-bond acceptors (Lipinski definition) is 3. The molecule has 0 radical (unpaired) electrons. The Morgan fingerprint density at radius 3 is 2.55 bits per heavy atom. The van der Waals surface area contributed by atoms with E-state index in [1.54, 1.807) is 33.0 Å². The number of urea groups is 1. The Kier molecular flexibility index (Phi) is 5.10. The normalized spacial score (nSPS) is 11.0. The molecule has 110 valence electrons. The maximum atomic E-state index is 11.8. The third-order valence-electron chi connectivity index (χ3n) is 2.59. The molecule has 0 bridgehead atoms. The number of carboxylic acid groups (broad SMARTS) is 1. The molecule has 6 nitrogen and oxygen atoms in total. The number of hydrogen-bond donors (Lipinski definition) is 3. The molecule has 6 heteroatoms. The van der Waals surface area contributed by atoms with Gasteiger partial charge < -0.3 is 20.4 Å². The summed E-state index contributed by atoms with van der Waals surface area (Å²) in [5.41, 5.74) is -0.0773. The van der Waals surface area contributed by atoms with Crippen LogP contribution in [0.15, 0.2) is 24.3 Å². The first-order valence-electron chi connectivity index (χ1n) is 6.22. The Morgan fingerprint density at radius 1 is 1.35 bits per heavy atom. The first-order valence-corrected chi connectivity index (χ1v) is 6.22. The Labute approximate surface area is 118 Å². The SMILES string of the molecule is CN(CC(C)(C)O)C(=O)NCc1cccc(C(=O)O)c1. The highest BCUT2D eigenvalue weighted by molar-refractivity contribution is 5.87. The van der Waals surface area contributed by atoms with Crippen LogP contribution in [0.25, 0.3) is 0 Å². The van der Waals surface area contributed by atoms with Crippen molar-refractivity contribution in [1.29, 1.82) is 0 Å². The average molecular weight is 280 g/mol. The summed E-state index contributed by atoms with van der Waals surface area (Å²) in [5, 5.41) is 21.2. The lowest BCUT2D eigenvalue weighted by Gasteiger charge is -2.25. The topological polar surface area (TPSA) is 89.9 Å². The van der Waals surface area contributed by atoms with Crippen LogP contribution >= 0.6 is 0 Å². The van der Waals surface area contributed by atoms with Gasteiger partial charge in [-0.3, -0.25) is 0 Å². The summed E-state index contributed by atoms with van der Waals surface area (Å²) >= 11 is 0. The van der Waals surface area contributed by atoms with Gasteiger partial charge >= 0.3 is 12.0 Å². The Morgan fingerprint density at radius 2 is 2.00 bits per heavy atom. The van der Waals surface area contributed by atoms with Crippen LogP contribution in [0.5, 0.6) is 0 Å². The van der Waals surface area contributed by atoms with E-state index in [1.165, 1.54) is 17.0 Å². The van der Waals surface area contributed by atoms with Crippen LogP contribution in [0, 0.1) is 0 Å². The van der Waals surface area contributed by atoms with Gasteiger partial charge in [0.05, 0.1) is 17.7 Å². The van der Waals surface area contributed by atoms with E-state index in [0.29, 0.717) is 5.56 Å². The van der Waals surface area contributed by atoms with E-state index in [0.717, 1.165) is 0 Å². The molecular formula is C14H20N2O4. The number of likely N-dealkylation sites (N-methyl/N-ethyl adjacent to an activating group) is 1. The molecule has 0 heterocycles. The number of carbonyl (C=O) groups excluding carboxylic acids is 1. The first kappa shape index (κ1) is 16.0. The van der Waals surface area contributed by atoms with Crippen molar-refractivity contribution in [3.8, 4) is 0 Å². The number of nitrogens with zero attached hydrogens (tertiary/aromatic N) is 1. The fraction of sp³-hybridized carbons (Fsp3) is 0.429. The van der Waals surface area contributed by atoms with E-state index < -0.39 is 11.6 Å². The molecule has 1 aromatic carbocycles. The summed E-state index contributed by atoms with van der Waals surface area (Å²) < 4.78 is 0. The van der Waals surface area contributed by atoms with Crippen molar-refractivity contribution in [3.05, 3.63) is 35.4 Å². The van der Waals surface area contributed by atoms with Crippen LogP contribution in [0.4, 0.5) is 4.79 Å². The number of aliphatic hydroxyl groups is 1. The van der Waals surface area contributed by atoms with Crippen molar-refractivity contribution < 1.29 is 19.8 Å². The van der Waals surface area contributed by atoms with Gasteiger partial charge in [-0.25, -0.2) is 9.59 Å². The fourth-order valence-corrected chi connectivity index (χ4v) is 1.78. The average Bonchev–Trinajstić information content (AvgIpc) is 2.34. The number of rotatable bonds is 5. The number of aromatic carboxylic acids is 1. The molecule has 0 aliphatic heterocycles. The summed E-state index contributed by atoms with van der Waals surface area (Å²) in [6.07, 6.45) is 0. The van der Waals surface area contributed by atoms with Gasteiger partial charge in [0.2, 0.25) is 0 Å². The van der Waals surface area contributed by atoms with Crippen LogP contribution < -0.4 is 5.32 Å². The van der Waals surface area contributed by atoms with Crippen LogP contribution in [-0.4, -0.2) is 46.3 Å². The summed E-state index contributed by atoms with van der Waals surface area (Å²) in [7, 11) is 1.58. The molecule has 1 aromatic rings. The summed E-state index contributed by atoms with van der Waals surface area (Å²) in [5.74, 6) is -1.00. The van der Waals surface area contributed by atoms with E-state index in [1.807, 2.05) is 0 Å². The van der Waals surface area contributed by atoms with E-state index in [-0.39, 0.29) is 24.7 Å². The molecule has 0 spiro atoms. The van der Waals surface area contributed by atoms with Crippen molar-refractivity contribution in [2.75, 3.05) is 13.6 Å². The summed E-state index contributed by atoms with van der Waals surface area (Å²) in [6.45, 7) is 3.67. The van der Waals surface area contributed by atoms with Crippen molar-refractivity contribution in [1.82, 2.24) is 10.2 Å². The largest absolute Gasteiger partial charge is 0.478 e. The lowest BCUT2D eigenvalue weighted by atomic mass is 10.1. The molecule has 2 amide bonds. The Bertz CT molecular complexity index is 494. The van der Waals surface area contributed by atoms with Gasteiger partial charge in [-0.1, -0.05) is 12.1 Å². The van der Waals surface area contributed by atoms with Gasteiger partial charge in [-0.05, 0) is 31.5 Å². The predicted molar refractivity (Wildman–Crippen MR) is 74.6 cm³/mol. The second-order valence-electron chi connectivity index (χ2n) is 5.33. The van der Waals surface area contributed by atoms with Crippen LogP contribution in [0.1, 0.15) is 29.8 Å². The van der Waals surface area contributed by atoms with E-state index in [9.17, 15) is 14.7 Å². The van der Waals surface area contributed by atoms with Gasteiger partial charge in [0, 0.05) is 13.6 Å². The van der Waals surface area contributed by atoms with Crippen LogP contribution in [0.2, 0.25) is 0 Å². The lowest BCUT2D eigenvalue weighted by molar-refractivity contribution is 0.0531.